The van der Waals surface area contributed by atoms with E-state index < -0.39 is 0 Å². The lowest BCUT2D eigenvalue weighted by atomic mass is 10.1. The van der Waals surface area contributed by atoms with Crippen molar-refractivity contribution in [2.45, 2.75) is 32.2 Å². The largest absolute Gasteiger partial charge is 0.333 e. The molecule has 1 aromatic rings. The van der Waals surface area contributed by atoms with Gasteiger partial charge in [-0.25, -0.2) is 4.98 Å². The van der Waals surface area contributed by atoms with Gasteiger partial charge >= 0.3 is 0 Å². The highest BCUT2D eigenvalue weighted by Gasteiger charge is 2.41. The number of piperidine rings is 1. The lowest BCUT2D eigenvalue weighted by Crippen LogP contribution is -2.38. The fraction of sp³-hybridized carbons (Fsp3) is 0.700. The van der Waals surface area contributed by atoms with Crippen molar-refractivity contribution in [1.82, 2.24) is 20.1 Å². The minimum Gasteiger partial charge on any atom is -0.333 e. The normalized spacial score (nSPS) is 28.7. The average molecular weight is 206 g/mol. The Morgan fingerprint density at radius 3 is 2.93 bits per heavy atom. The summed E-state index contributed by atoms with van der Waals surface area (Å²) in [5.41, 5.74) is 0. The number of likely N-dealkylation sites (tertiary alicyclic amines) is 1. The summed E-state index contributed by atoms with van der Waals surface area (Å²) in [6.07, 6.45) is 3.61. The van der Waals surface area contributed by atoms with Crippen LogP contribution in [0.5, 0.6) is 0 Å². The third-order valence-electron chi connectivity index (χ3n) is 3.46. The van der Waals surface area contributed by atoms with Crippen molar-refractivity contribution in [3.63, 3.8) is 0 Å². The van der Waals surface area contributed by atoms with Gasteiger partial charge in [-0.3, -0.25) is 9.89 Å². The first-order valence-electron chi connectivity index (χ1n) is 5.44. The summed E-state index contributed by atoms with van der Waals surface area (Å²) in [5.74, 6) is 1.73. The molecule has 5 heteroatoms. The molecule has 5 nitrogen and oxygen atoms in total. The van der Waals surface area contributed by atoms with Crippen molar-refractivity contribution in [1.29, 1.82) is 0 Å². The summed E-state index contributed by atoms with van der Waals surface area (Å²) in [7, 11) is 0. The Kier molecular flexibility index (Phi) is 1.81. The number of aromatic nitrogens is 3. The average Bonchev–Trinajstić information content (AvgIpc) is 2.90. The van der Waals surface area contributed by atoms with Gasteiger partial charge in [0.2, 0.25) is 5.82 Å². The Bertz CT molecular complexity index is 400. The molecule has 2 bridgehead atoms. The van der Waals surface area contributed by atoms with E-state index in [4.69, 9.17) is 0 Å². The van der Waals surface area contributed by atoms with Crippen LogP contribution in [0.15, 0.2) is 0 Å². The molecule has 1 aliphatic heterocycles. The Morgan fingerprint density at radius 2 is 2.40 bits per heavy atom. The maximum absolute atomic E-state index is 12.0. The van der Waals surface area contributed by atoms with E-state index in [1.54, 1.807) is 6.92 Å². The number of fused-ring (bicyclic) bond motifs is 2. The van der Waals surface area contributed by atoms with Gasteiger partial charge in [-0.1, -0.05) is 0 Å². The number of rotatable bonds is 1. The van der Waals surface area contributed by atoms with Crippen molar-refractivity contribution in [2.75, 3.05) is 6.54 Å². The number of amides is 1. The third kappa shape index (κ3) is 1.33. The summed E-state index contributed by atoms with van der Waals surface area (Å²) in [5, 5.41) is 6.62. The molecule has 0 aromatic carbocycles. The molecule has 2 heterocycles. The molecule has 80 valence electrons. The molecule has 1 aromatic heterocycles. The maximum atomic E-state index is 12.0. The molecule has 2 atom stereocenters. The fourth-order valence-corrected chi connectivity index (χ4v) is 2.74. The number of aryl methyl sites for hydroxylation is 1. The molecule has 0 radical (unpaired) electrons. The van der Waals surface area contributed by atoms with Crippen LogP contribution in [0, 0.1) is 12.8 Å². The highest BCUT2D eigenvalue weighted by molar-refractivity contribution is 5.91. The maximum Gasteiger partial charge on any atom is 0.293 e. The highest BCUT2D eigenvalue weighted by atomic mass is 16.2. The predicted octanol–water partition coefficient (Wildman–Crippen LogP) is 0.738. The van der Waals surface area contributed by atoms with Crippen LogP contribution in [0.3, 0.4) is 0 Å². The number of carbonyl (C=O) groups excluding carboxylic acids is 1. The second kappa shape index (κ2) is 3.05. The first kappa shape index (κ1) is 8.88. The molecule has 1 N–H and O–H groups in total. The molecule has 1 aliphatic carbocycles. The molecule has 3 rings (SSSR count). The molecular weight excluding hydrogens is 192 g/mol. The highest BCUT2D eigenvalue weighted by Crippen LogP contribution is 2.37. The summed E-state index contributed by atoms with van der Waals surface area (Å²) in [6, 6.07) is 0.446. The molecule has 1 amide bonds. The summed E-state index contributed by atoms with van der Waals surface area (Å²) < 4.78 is 0. The third-order valence-corrected chi connectivity index (χ3v) is 3.46. The molecular formula is C10H14N4O. The molecule has 0 spiro atoms. The topological polar surface area (TPSA) is 61.9 Å². The van der Waals surface area contributed by atoms with Crippen molar-refractivity contribution < 1.29 is 4.79 Å². The van der Waals surface area contributed by atoms with Crippen LogP contribution in [0.4, 0.5) is 0 Å². The van der Waals surface area contributed by atoms with Gasteiger partial charge in [0, 0.05) is 12.6 Å². The van der Waals surface area contributed by atoms with E-state index in [-0.39, 0.29) is 5.91 Å². The minimum atomic E-state index is -0.00782. The van der Waals surface area contributed by atoms with Crippen molar-refractivity contribution in [3.8, 4) is 0 Å². The van der Waals surface area contributed by atoms with Gasteiger partial charge in [0.15, 0.2) is 0 Å². The zero-order valence-corrected chi connectivity index (χ0v) is 8.73. The van der Waals surface area contributed by atoms with Gasteiger partial charge in [0.25, 0.3) is 5.91 Å². The van der Waals surface area contributed by atoms with E-state index >= 15 is 0 Å². The number of nitrogens with zero attached hydrogens (tertiary/aromatic N) is 3. The van der Waals surface area contributed by atoms with Crippen LogP contribution in [-0.4, -0.2) is 38.6 Å². The predicted molar refractivity (Wildman–Crippen MR) is 53.3 cm³/mol. The van der Waals surface area contributed by atoms with Crippen LogP contribution >= 0.6 is 0 Å². The summed E-state index contributed by atoms with van der Waals surface area (Å²) in [4.78, 5) is 18.1. The zero-order valence-electron chi connectivity index (χ0n) is 8.73. The van der Waals surface area contributed by atoms with Gasteiger partial charge < -0.3 is 4.90 Å². The van der Waals surface area contributed by atoms with Crippen LogP contribution in [0.1, 0.15) is 35.7 Å². The molecule has 1 saturated carbocycles. The molecule has 2 aliphatic rings. The Hall–Kier alpha value is -1.39. The Balaban J connectivity index is 1.81. The molecule has 1 saturated heterocycles. The van der Waals surface area contributed by atoms with E-state index in [2.05, 4.69) is 15.2 Å². The fourth-order valence-electron chi connectivity index (χ4n) is 2.74. The monoisotopic (exact) mass is 206 g/mol. The number of H-pyrrole nitrogens is 1. The Morgan fingerprint density at radius 1 is 1.53 bits per heavy atom. The van der Waals surface area contributed by atoms with E-state index in [0.717, 1.165) is 18.9 Å². The van der Waals surface area contributed by atoms with Crippen molar-refractivity contribution in [3.05, 3.63) is 11.6 Å². The van der Waals surface area contributed by atoms with Crippen LogP contribution in [-0.2, 0) is 0 Å². The number of aromatic amines is 1. The molecule has 15 heavy (non-hydrogen) atoms. The second-order valence-corrected chi connectivity index (χ2v) is 4.53. The number of hydrogen-bond acceptors (Lipinski definition) is 3. The van der Waals surface area contributed by atoms with Crippen LogP contribution in [0.2, 0.25) is 0 Å². The van der Waals surface area contributed by atoms with Crippen LogP contribution in [0.25, 0.3) is 0 Å². The van der Waals surface area contributed by atoms with E-state index in [1.165, 1.54) is 12.8 Å². The summed E-state index contributed by atoms with van der Waals surface area (Å²) in [6.45, 7) is 2.71. The first-order chi connectivity index (χ1) is 7.24. The lowest BCUT2D eigenvalue weighted by Gasteiger charge is -2.25. The number of carbonyl (C=O) groups is 1. The van der Waals surface area contributed by atoms with Gasteiger partial charge in [-0.15, -0.1) is 5.10 Å². The molecule has 2 unspecified atom stereocenters. The second-order valence-electron chi connectivity index (χ2n) is 4.53. The van der Waals surface area contributed by atoms with Gasteiger partial charge in [0.05, 0.1) is 0 Å². The SMILES string of the molecule is Cc1nc(C(=O)N2CC3CCC2C3)n[nH]1. The van der Waals surface area contributed by atoms with Gasteiger partial charge in [-0.05, 0) is 32.1 Å². The lowest BCUT2D eigenvalue weighted by molar-refractivity contribution is 0.0691. The van der Waals surface area contributed by atoms with E-state index in [1.807, 2.05) is 4.90 Å². The minimum absolute atomic E-state index is 0.00782. The standard InChI is InChI=1S/C10H14N4O/c1-6-11-9(13-12-6)10(15)14-5-7-2-3-8(14)4-7/h7-8H,2-5H2,1H3,(H,11,12,13). The Labute approximate surface area is 87.9 Å². The molecule has 2 fully saturated rings. The smallest absolute Gasteiger partial charge is 0.293 e. The van der Waals surface area contributed by atoms with Crippen molar-refractivity contribution >= 4 is 5.91 Å². The van der Waals surface area contributed by atoms with Crippen molar-refractivity contribution in [2.24, 2.45) is 5.92 Å². The number of nitrogens with one attached hydrogen (secondary N) is 1. The number of hydrogen-bond donors (Lipinski definition) is 1. The zero-order chi connectivity index (χ0) is 10.4. The van der Waals surface area contributed by atoms with E-state index in [0.29, 0.717) is 17.7 Å². The van der Waals surface area contributed by atoms with Gasteiger partial charge in [0.1, 0.15) is 5.82 Å². The van der Waals surface area contributed by atoms with Crippen LogP contribution < -0.4 is 0 Å². The summed E-state index contributed by atoms with van der Waals surface area (Å²) >= 11 is 0. The quantitative estimate of drug-likeness (QED) is 0.737. The van der Waals surface area contributed by atoms with E-state index in [9.17, 15) is 4.79 Å². The van der Waals surface area contributed by atoms with Gasteiger partial charge in [-0.2, -0.15) is 0 Å². The first-order valence-corrected chi connectivity index (χ1v) is 5.44.